The van der Waals surface area contributed by atoms with Crippen molar-refractivity contribution in [3.63, 3.8) is 0 Å². The first kappa shape index (κ1) is 13.0. The molecule has 16 heavy (non-hydrogen) atoms. The van der Waals surface area contributed by atoms with Gasteiger partial charge in [0.15, 0.2) is 0 Å². The van der Waals surface area contributed by atoms with Gasteiger partial charge in [-0.2, -0.15) is 0 Å². The molecule has 2 nitrogen and oxygen atoms in total. The van der Waals surface area contributed by atoms with Crippen LogP contribution in [-0.2, 0) is 0 Å². The molecule has 0 aliphatic rings. The Labute approximate surface area is 103 Å². The van der Waals surface area contributed by atoms with Gasteiger partial charge in [0.1, 0.15) is 5.75 Å². The zero-order chi connectivity index (χ0) is 12.0. The molecule has 0 aliphatic carbocycles. The predicted octanol–water partition coefficient (Wildman–Crippen LogP) is 3.14. The molecule has 2 N–H and O–H groups in total. The Balaban J connectivity index is 2.29. The van der Waals surface area contributed by atoms with Gasteiger partial charge in [0.25, 0.3) is 0 Å². The number of hydrogen-bond donors (Lipinski definition) is 1. The van der Waals surface area contributed by atoms with Crippen molar-refractivity contribution in [2.24, 2.45) is 5.73 Å². The highest BCUT2D eigenvalue weighted by Gasteiger charge is 1.99. The Hall–Kier alpha value is -1.09. The van der Waals surface area contributed by atoms with Crippen LogP contribution >= 0.6 is 12.2 Å². The molecule has 0 saturated heterocycles. The minimum Gasteiger partial charge on any atom is -0.493 e. The standard InChI is InChI=1S/C13H19NOS/c1-10-6-7-12(11(2)9-10)15-8-4-3-5-13(14)16/h6-7,9H,3-5,8H2,1-2H3,(H2,14,16). The predicted molar refractivity (Wildman–Crippen MR) is 72.0 cm³/mol. The van der Waals surface area contributed by atoms with Crippen LogP contribution in [0.15, 0.2) is 18.2 Å². The summed E-state index contributed by atoms with van der Waals surface area (Å²) in [6, 6.07) is 6.22. The lowest BCUT2D eigenvalue weighted by Crippen LogP contribution is -2.08. The highest BCUT2D eigenvalue weighted by Crippen LogP contribution is 2.18. The molecule has 0 atom stereocenters. The molecule has 1 aromatic carbocycles. The van der Waals surface area contributed by atoms with E-state index in [9.17, 15) is 0 Å². The lowest BCUT2D eigenvalue weighted by atomic mass is 10.1. The maximum absolute atomic E-state index is 5.69. The van der Waals surface area contributed by atoms with E-state index in [1.54, 1.807) is 0 Å². The van der Waals surface area contributed by atoms with E-state index in [4.69, 9.17) is 22.7 Å². The molecule has 1 rings (SSSR count). The summed E-state index contributed by atoms with van der Waals surface area (Å²) in [5.41, 5.74) is 7.87. The normalized spacial score (nSPS) is 10.1. The first-order valence-corrected chi connectivity index (χ1v) is 5.99. The zero-order valence-electron chi connectivity index (χ0n) is 9.95. The highest BCUT2D eigenvalue weighted by molar-refractivity contribution is 7.80. The molecule has 1 aromatic rings. The van der Waals surface area contributed by atoms with Gasteiger partial charge in [-0.3, -0.25) is 0 Å². The Morgan fingerprint density at radius 1 is 1.31 bits per heavy atom. The first-order valence-electron chi connectivity index (χ1n) is 5.58. The van der Waals surface area contributed by atoms with Crippen molar-refractivity contribution in [2.75, 3.05) is 6.61 Å². The van der Waals surface area contributed by atoms with E-state index in [-0.39, 0.29) is 0 Å². The van der Waals surface area contributed by atoms with Crippen molar-refractivity contribution >= 4 is 17.2 Å². The van der Waals surface area contributed by atoms with E-state index < -0.39 is 0 Å². The molecule has 0 amide bonds. The van der Waals surface area contributed by atoms with Crippen molar-refractivity contribution in [2.45, 2.75) is 33.1 Å². The molecule has 0 aromatic heterocycles. The summed E-state index contributed by atoms with van der Waals surface area (Å²) >= 11 is 4.81. The third kappa shape index (κ3) is 4.62. The van der Waals surface area contributed by atoms with Crippen molar-refractivity contribution < 1.29 is 4.74 Å². The van der Waals surface area contributed by atoms with Gasteiger partial charge in [0.05, 0.1) is 11.6 Å². The molecule has 0 unspecified atom stereocenters. The van der Waals surface area contributed by atoms with Crippen molar-refractivity contribution in [1.82, 2.24) is 0 Å². The second-order valence-electron chi connectivity index (χ2n) is 4.04. The van der Waals surface area contributed by atoms with Crippen LogP contribution < -0.4 is 10.5 Å². The molecule has 0 aliphatic heterocycles. The van der Waals surface area contributed by atoms with Gasteiger partial charge in [-0.15, -0.1) is 0 Å². The van der Waals surface area contributed by atoms with Gasteiger partial charge >= 0.3 is 0 Å². The molecule has 3 heteroatoms. The largest absolute Gasteiger partial charge is 0.493 e. The lowest BCUT2D eigenvalue weighted by Gasteiger charge is -2.09. The topological polar surface area (TPSA) is 35.2 Å². The summed E-state index contributed by atoms with van der Waals surface area (Å²) in [7, 11) is 0. The molecule has 88 valence electrons. The van der Waals surface area contributed by atoms with E-state index in [1.165, 1.54) is 11.1 Å². The maximum atomic E-state index is 5.69. The quantitative estimate of drug-likeness (QED) is 0.610. The summed E-state index contributed by atoms with van der Waals surface area (Å²) in [5, 5.41) is 0. The molecular formula is C13H19NOS. The van der Waals surface area contributed by atoms with Gasteiger partial charge < -0.3 is 10.5 Å². The van der Waals surface area contributed by atoms with Crippen LogP contribution in [0.2, 0.25) is 0 Å². The monoisotopic (exact) mass is 237 g/mol. The Morgan fingerprint density at radius 2 is 2.06 bits per heavy atom. The number of rotatable bonds is 6. The summed E-state index contributed by atoms with van der Waals surface area (Å²) in [6.45, 7) is 4.88. The second-order valence-corrected chi connectivity index (χ2v) is 4.57. The van der Waals surface area contributed by atoms with Crippen LogP contribution in [-0.4, -0.2) is 11.6 Å². The van der Waals surface area contributed by atoms with Crippen molar-refractivity contribution in [3.8, 4) is 5.75 Å². The number of thiocarbonyl (C=S) groups is 1. The molecule has 0 radical (unpaired) electrons. The van der Waals surface area contributed by atoms with Gasteiger partial charge in [0.2, 0.25) is 0 Å². The fraction of sp³-hybridized carbons (Fsp3) is 0.462. The number of ether oxygens (including phenoxy) is 1. The van der Waals surface area contributed by atoms with Gasteiger partial charge in [-0.05, 0) is 44.7 Å². The summed E-state index contributed by atoms with van der Waals surface area (Å²) in [5.74, 6) is 0.973. The van der Waals surface area contributed by atoms with E-state index in [0.29, 0.717) is 4.99 Å². The SMILES string of the molecule is Cc1ccc(OCCCCC(N)=S)c(C)c1. The zero-order valence-corrected chi connectivity index (χ0v) is 10.8. The Kier molecular flexibility index (Phi) is 5.26. The van der Waals surface area contributed by atoms with Crippen LogP contribution in [0.4, 0.5) is 0 Å². The van der Waals surface area contributed by atoms with Crippen molar-refractivity contribution in [3.05, 3.63) is 29.3 Å². The Bertz CT molecular complexity index is 363. The molecule has 0 heterocycles. The van der Waals surface area contributed by atoms with Crippen LogP contribution in [0.25, 0.3) is 0 Å². The number of benzene rings is 1. The fourth-order valence-corrected chi connectivity index (χ4v) is 1.69. The number of nitrogens with two attached hydrogens (primary N) is 1. The lowest BCUT2D eigenvalue weighted by molar-refractivity contribution is 0.306. The number of unbranched alkanes of at least 4 members (excludes halogenated alkanes) is 1. The average molecular weight is 237 g/mol. The third-order valence-electron chi connectivity index (χ3n) is 2.41. The van der Waals surface area contributed by atoms with E-state index in [1.807, 2.05) is 6.07 Å². The van der Waals surface area contributed by atoms with E-state index >= 15 is 0 Å². The van der Waals surface area contributed by atoms with Gasteiger partial charge in [-0.25, -0.2) is 0 Å². The minimum absolute atomic E-state index is 0.589. The minimum atomic E-state index is 0.589. The fourth-order valence-electron chi connectivity index (χ4n) is 1.54. The molecule has 0 bridgehead atoms. The second kappa shape index (κ2) is 6.48. The summed E-state index contributed by atoms with van der Waals surface area (Å²) in [6.07, 6.45) is 2.80. The van der Waals surface area contributed by atoms with Crippen LogP contribution in [0.5, 0.6) is 5.75 Å². The molecule has 0 saturated carbocycles. The number of hydrogen-bond acceptors (Lipinski definition) is 2. The van der Waals surface area contributed by atoms with E-state index in [2.05, 4.69) is 26.0 Å². The molecule has 0 fully saturated rings. The molecule has 0 spiro atoms. The van der Waals surface area contributed by atoms with Crippen LogP contribution in [0, 0.1) is 13.8 Å². The summed E-state index contributed by atoms with van der Waals surface area (Å²) < 4.78 is 5.69. The van der Waals surface area contributed by atoms with Crippen molar-refractivity contribution in [1.29, 1.82) is 0 Å². The van der Waals surface area contributed by atoms with Crippen LogP contribution in [0.1, 0.15) is 30.4 Å². The van der Waals surface area contributed by atoms with E-state index in [0.717, 1.165) is 31.6 Å². The average Bonchev–Trinajstić information content (AvgIpc) is 2.20. The smallest absolute Gasteiger partial charge is 0.122 e. The van der Waals surface area contributed by atoms with Gasteiger partial charge in [-0.1, -0.05) is 29.9 Å². The van der Waals surface area contributed by atoms with Crippen LogP contribution in [0.3, 0.4) is 0 Å². The summed E-state index contributed by atoms with van der Waals surface area (Å²) in [4.78, 5) is 0.589. The number of aryl methyl sites for hydroxylation is 2. The highest BCUT2D eigenvalue weighted by atomic mass is 32.1. The maximum Gasteiger partial charge on any atom is 0.122 e. The third-order valence-corrected chi connectivity index (χ3v) is 2.61. The first-order chi connectivity index (χ1) is 7.59. The molecular weight excluding hydrogens is 218 g/mol. The van der Waals surface area contributed by atoms with Gasteiger partial charge in [0, 0.05) is 0 Å². The Morgan fingerprint density at radius 3 is 2.69 bits per heavy atom.